The monoisotopic (exact) mass is 368 g/mol. The summed E-state index contributed by atoms with van der Waals surface area (Å²) >= 11 is 6.20. The van der Waals surface area contributed by atoms with E-state index in [4.69, 9.17) is 11.6 Å². The third-order valence-corrected chi connectivity index (χ3v) is 4.83. The highest BCUT2D eigenvalue weighted by molar-refractivity contribution is 6.53. The lowest BCUT2D eigenvalue weighted by molar-refractivity contribution is -0.120. The molecule has 2 aromatic rings. The van der Waals surface area contributed by atoms with Crippen LogP contribution in [0.1, 0.15) is 36.5 Å². The van der Waals surface area contributed by atoms with Gasteiger partial charge < -0.3 is 5.32 Å². The van der Waals surface area contributed by atoms with Crippen LogP contribution in [0.3, 0.4) is 0 Å². The number of rotatable bonds is 4. The van der Waals surface area contributed by atoms with E-state index < -0.39 is 11.8 Å². The van der Waals surface area contributed by atoms with Gasteiger partial charge in [0.15, 0.2) is 0 Å². The van der Waals surface area contributed by atoms with Crippen molar-refractivity contribution in [2.75, 3.05) is 10.2 Å². The predicted molar refractivity (Wildman–Crippen MR) is 105 cm³/mol. The molecule has 0 saturated heterocycles. The van der Waals surface area contributed by atoms with Crippen LogP contribution in [0.15, 0.2) is 53.2 Å². The van der Waals surface area contributed by atoms with Gasteiger partial charge in [-0.05, 0) is 54.7 Å². The Balaban J connectivity index is 1.90. The zero-order valence-electron chi connectivity index (χ0n) is 15.3. The van der Waals surface area contributed by atoms with Crippen LogP contribution < -0.4 is 10.2 Å². The molecule has 4 nitrogen and oxygen atoms in total. The maximum Gasteiger partial charge on any atom is 0.283 e. The highest BCUT2D eigenvalue weighted by Gasteiger charge is 2.39. The first-order valence-corrected chi connectivity index (χ1v) is 8.90. The average molecular weight is 369 g/mol. The number of imide groups is 1. The van der Waals surface area contributed by atoms with Gasteiger partial charge in [0.05, 0.1) is 5.69 Å². The molecule has 0 saturated carbocycles. The van der Waals surface area contributed by atoms with Crippen LogP contribution in [0.2, 0.25) is 0 Å². The minimum Gasteiger partial charge on any atom is -0.350 e. The second kappa shape index (κ2) is 6.96. The fraction of sp³-hybridized carbons (Fsp3) is 0.238. The summed E-state index contributed by atoms with van der Waals surface area (Å²) in [7, 11) is 0. The van der Waals surface area contributed by atoms with E-state index in [1.165, 1.54) is 5.56 Å². The van der Waals surface area contributed by atoms with E-state index in [-0.39, 0.29) is 10.7 Å². The van der Waals surface area contributed by atoms with Gasteiger partial charge in [0.1, 0.15) is 10.7 Å². The molecule has 1 aliphatic rings. The summed E-state index contributed by atoms with van der Waals surface area (Å²) < 4.78 is 0. The zero-order chi connectivity index (χ0) is 19.0. The molecule has 134 valence electrons. The number of hydrogen-bond donors (Lipinski definition) is 1. The fourth-order valence-electron chi connectivity index (χ4n) is 2.89. The van der Waals surface area contributed by atoms with E-state index in [0.29, 0.717) is 17.3 Å². The van der Waals surface area contributed by atoms with Crippen LogP contribution in [0.4, 0.5) is 11.4 Å². The number of aryl methyl sites for hydroxylation is 2. The van der Waals surface area contributed by atoms with E-state index in [9.17, 15) is 9.59 Å². The van der Waals surface area contributed by atoms with Gasteiger partial charge in [-0.1, -0.05) is 49.7 Å². The highest BCUT2D eigenvalue weighted by atomic mass is 35.5. The Labute approximate surface area is 158 Å². The summed E-state index contributed by atoms with van der Waals surface area (Å²) in [5, 5.41) is 2.91. The minimum absolute atomic E-state index is 0.0937. The lowest BCUT2D eigenvalue weighted by Gasteiger charge is -2.18. The molecule has 1 N–H and O–H groups in total. The normalized spacial score (nSPS) is 14.6. The van der Waals surface area contributed by atoms with Crippen molar-refractivity contribution in [1.82, 2.24) is 0 Å². The van der Waals surface area contributed by atoms with Gasteiger partial charge in [-0.15, -0.1) is 0 Å². The van der Waals surface area contributed by atoms with E-state index in [0.717, 1.165) is 16.0 Å². The number of amides is 2. The maximum absolute atomic E-state index is 12.9. The van der Waals surface area contributed by atoms with Crippen molar-refractivity contribution in [1.29, 1.82) is 0 Å². The van der Waals surface area contributed by atoms with Crippen LogP contribution in [-0.2, 0) is 9.59 Å². The minimum atomic E-state index is -0.508. The second-order valence-electron chi connectivity index (χ2n) is 6.83. The average Bonchev–Trinajstić information content (AvgIpc) is 2.81. The summed E-state index contributed by atoms with van der Waals surface area (Å²) in [5.74, 6) is -0.533. The van der Waals surface area contributed by atoms with Gasteiger partial charge in [-0.2, -0.15) is 0 Å². The van der Waals surface area contributed by atoms with Gasteiger partial charge in [0.2, 0.25) is 0 Å². The molecule has 3 rings (SSSR count). The van der Waals surface area contributed by atoms with Gasteiger partial charge in [-0.25, -0.2) is 4.90 Å². The number of carbonyl (C=O) groups is 2. The molecular weight excluding hydrogens is 348 g/mol. The quantitative estimate of drug-likeness (QED) is 0.784. The van der Waals surface area contributed by atoms with Crippen LogP contribution in [-0.4, -0.2) is 11.8 Å². The van der Waals surface area contributed by atoms with Crippen LogP contribution in [0.5, 0.6) is 0 Å². The van der Waals surface area contributed by atoms with Crippen LogP contribution >= 0.6 is 11.6 Å². The molecule has 1 aliphatic heterocycles. The lowest BCUT2D eigenvalue weighted by Crippen LogP contribution is -2.32. The Morgan fingerprint density at radius 2 is 1.62 bits per heavy atom. The van der Waals surface area contributed by atoms with Crippen molar-refractivity contribution in [2.24, 2.45) is 0 Å². The molecule has 26 heavy (non-hydrogen) atoms. The molecule has 0 fully saturated rings. The Bertz CT molecular complexity index is 914. The SMILES string of the molecule is Cc1ccc(C)c(N2C(=O)C(Cl)=C(Nc3ccc(C(C)C)cc3)C2=O)c1. The Hall–Kier alpha value is -2.59. The van der Waals surface area contributed by atoms with Crippen LogP contribution in [0.25, 0.3) is 0 Å². The molecular formula is C21H21ClN2O2. The molecule has 1 heterocycles. The smallest absolute Gasteiger partial charge is 0.283 e. The van der Waals surface area contributed by atoms with E-state index in [1.54, 1.807) is 0 Å². The molecule has 0 bridgehead atoms. The Morgan fingerprint density at radius 3 is 2.23 bits per heavy atom. The number of halogens is 1. The van der Waals surface area contributed by atoms with Crippen molar-refractivity contribution in [2.45, 2.75) is 33.6 Å². The molecule has 2 amide bonds. The first-order chi connectivity index (χ1) is 12.3. The highest BCUT2D eigenvalue weighted by Crippen LogP contribution is 2.32. The summed E-state index contributed by atoms with van der Waals surface area (Å²) in [4.78, 5) is 26.6. The van der Waals surface area contributed by atoms with Gasteiger partial charge >= 0.3 is 0 Å². The standard InChI is InChI=1S/C21H21ClN2O2/c1-12(2)15-7-9-16(10-8-15)23-19-18(22)20(25)24(21(19)26)17-11-13(3)5-6-14(17)4/h5-12,23H,1-4H3. The van der Waals surface area contributed by atoms with E-state index in [2.05, 4.69) is 19.2 Å². The Morgan fingerprint density at radius 1 is 0.962 bits per heavy atom. The maximum atomic E-state index is 12.9. The number of hydrogen-bond acceptors (Lipinski definition) is 3. The van der Waals surface area contributed by atoms with Crippen molar-refractivity contribution >= 4 is 34.8 Å². The number of nitrogens with one attached hydrogen (secondary N) is 1. The van der Waals surface area contributed by atoms with Gasteiger partial charge in [0, 0.05) is 5.69 Å². The molecule has 0 spiro atoms. The van der Waals surface area contributed by atoms with Gasteiger partial charge in [-0.3, -0.25) is 9.59 Å². The van der Waals surface area contributed by atoms with Crippen molar-refractivity contribution < 1.29 is 9.59 Å². The summed E-state index contributed by atoms with van der Waals surface area (Å²) in [6, 6.07) is 13.4. The number of nitrogens with zero attached hydrogens (tertiary/aromatic N) is 1. The van der Waals surface area contributed by atoms with E-state index in [1.807, 2.05) is 56.3 Å². The number of anilines is 2. The molecule has 5 heteroatoms. The Kier molecular flexibility index (Phi) is 4.88. The fourth-order valence-corrected chi connectivity index (χ4v) is 3.10. The second-order valence-corrected chi connectivity index (χ2v) is 7.20. The number of benzene rings is 2. The van der Waals surface area contributed by atoms with Crippen molar-refractivity contribution in [3.63, 3.8) is 0 Å². The summed E-state index contributed by atoms with van der Waals surface area (Å²) in [6.45, 7) is 8.00. The van der Waals surface area contributed by atoms with Crippen molar-refractivity contribution in [3.8, 4) is 0 Å². The summed E-state index contributed by atoms with van der Waals surface area (Å²) in [6.07, 6.45) is 0. The summed E-state index contributed by atoms with van der Waals surface area (Å²) in [5.41, 5.74) is 4.38. The zero-order valence-corrected chi connectivity index (χ0v) is 16.0. The largest absolute Gasteiger partial charge is 0.350 e. The predicted octanol–water partition coefficient (Wildman–Crippen LogP) is 4.86. The molecule has 0 aliphatic carbocycles. The third-order valence-electron chi connectivity index (χ3n) is 4.48. The topological polar surface area (TPSA) is 49.4 Å². The van der Waals surface area contributed by atoms with Gasteiger partial charge in [0.25, 0.3) is 11.8 Å². The molecule has 0 atom stereocenters. The molecule has 0 radical (unpaired) electrons. The molecule has 2 aromatic carbocycles. The first-order valence-electron chi connectivity index (χ1n) is 8.52. The lowest BCUT2D eigenvalue weighted by atomic mass is 10.0. The molecule has 0 unspecified atom stereocenters. The van der Waals surface area contributed by atoms with Crippen LogP contribution in [0, 0.1) is 13.8 Å². The van der Waals surface area contributed by atoms with Crippen molar-refractivity contribution in [3.05, 3.63) is 69.9 Å². The number of carbonyl (C=O) groups excluding carboxylic acids is 2. The molecule has 0 aromatic heterocycles. The van der Waals surface area contributed by atoms with E-state index >= 15 is 0 Å². The first kappa shape index (κ1) is 18.2. The third kappa shape index (κ3) is 3.25.